The maximum Gasteiger partial charge on any atom is 0.0537 e. The molecule has 1 aromatic carbocycles. The minimum Gasteiger partial charge on any atom is -0.312 e. The predicted molar refractivity (Wildman–Crippen MR) is 79.2 cm³/mol. The van der Waals surface area contributed by atoms with Crippen LogP contribution in [0.5, 0.6) is 0 Å². The van der Waals surface area contributed by atoms with Crippen molar-refractivity contribution < 1.29 is 0 Å². The lowest BCUT2D eigenvalue weighted by atomic mass is 9.86. The van der Waals surface area contributed by atoms with Gasteiger partial charge in [-0.05, 0) is 26.0 Å². The Kier molecular flexibility index (Phi) is 4.74. The zero-order valence-electron chi connectivity index (χ0n) is 12.0. The molecule has 0 fully saturated rings. The van der Waals surface area contributed by atoms with Crippen LogP contribution in [0.15, 0.2) is 42.7 Å². The van der Waals surface area contributed by atoms with Crippen molar-refractivity contribution in [1.29, 1.82) is 0 Å². The van der Waals surface area contributed by atoms with E-state index in [4.69, 9.17) is 0 Å². The van der Waals surface area contributed by atoms with E-state index in [1.165, 1.54) is 11.1 Å². The summed E-state index contributed by atoms with van der Waals surface area (Å²) in [5.41, 5.74) is 2.65. The molecule has 3 nitrogen and oxygen atoms in total. The van der Waals surface area contributed by atoms with Crippen molar-refractivity contribution in [3.63, 3.8) is 0 Å². The summed E-state index contributed by atoms with van der Waals surface area (Å²) in [5, 5.41) is 7.84. The quantitative estimate of drug-likeness (QED) is 0.860. The number of nitrogens with zero attached hydrogens (tertiary/aromatic N) is 2. The average molecular weight is 257 g/mol. The summed E-state index contributed by atoms with van der Waals surface area (Å²) in [7, 11) is 2.03. The summed E-state index contributed by atoms with van der Waals surface area (Å²) < 4.78 is 1.98. The fourth-order valence-electron chi connectivity index (χ4n) is 2.68. The third kappa shape index (κ3) is 3.04. The van der Waals surface area contributed by atoms with E-state index in [0.717, 1.165) is 13.0 Å². The summed E-state index contributed by atoms with van der Waals surface area (Å²) in [6.07, 6.45) is 5.23. The first-order valence-electron chi connectivity index (χ1n) is 7.04. The maximum absolute atomic E-state index is 4.39. The highest BCUT2D eigenvalue weighted by Gasteiger charge is 2.22. The van der Waals surface area contributed by atoms with Gasteiger partial charge in [-0.15, -0.1) is 0 Å². The highest BCUT2D eigenvalue weighted by Crippen LogP contribution is 2.33. The molecule has 2 atom stereocenters. The third-order valence-corrected chi connectivity index (χ3v) is 3.72. The molecule has 102 valence electrons. The van der Waals surface area contributed by atoms with Gasteiger partial charge in [0.05, 0.1) is 6.20 Å². The van der Waals surface area contributed by atoms with Gasteiger partial charge in [0.1, 0.15) is 0 Å². The van der Waals surface area contributed by atoms with Crippen LogP contribution in [0.2, 0.25) is 0 Å². The largest absolute Gasteiger partial charge is 0.312 e. The molecule has 0 aliphatic rings. The Morgan fingerprint density at radius 1 is 1.16 bits per heavy atom. The lowest BCUT2D eigenvalue weighted by Crippen LogP contribution is -2.23. The molecule has 0 aliphatic heterocycles. The van der Waals surface area contributed by atoms with Crippen LogP contribution in [0.25, 0.3) is 0 Å². The minimum absolute atomic E-state index is 0.313. The van der Waals surface area contributed by atoms with Crippen LogP contribution in [-0.4, -0.2) is 16.8 Å². The lowest BCUT2D eigenvalue weighted by Gasteiger charge is -2.25. The average Bonchev–Trinajstić information content (AvgIpc) is 2.94. The second kappa shape index (κ2) is 6.53. The molecule has 0 saturated carbocycles. The molecule has 0 bridgehead atoms. The molecule has 2 rings (SSSR count). The monoisotopic (exact) mass is 257 g/mol. The van der Waals surface area contributed by atoms with Gasteiger partial charge in [0, 0.05) is 30.3 Å². The molecular weight excluding hydrogens is 234 g/mol. The summed E-state index contributed by atoms with van der Waals surface area (Å²) >= 11 is 0. The number of benzene rings is 1. The van der Waals surface area contributed by atoms with Crippen molar-refractivity contribution in [2.45, 2.75) is 38.8 Å². The summed E-state index contributed by atoms with van der Waals surface area (Å²) in [6, 6.07) is 11.0. The van der Waals surface area contributed by atoms with Crippen LogP contribution in [-0.2, 0) is 6.54 Å². The Bertz CT molecular complexity index is 490. The number of nitrogens with one attached hydrogen (secondary N) is 1. The minimum atomic E-state index is 0.313. The molecule has 0 radical (unpaired) electrons. The summed E-state index contributed by atoms with van der Waals surface area (Å²) in [6.45, 7) is 5.27. The highest BCUT2D eigenvalue weighted by atomic mass is 15.3. The molecule has 3 heteroatoms. The van der Waals surface area contributed by atoms with Gasteiger partial charge in [0.25, 0.3) is 0 Å². The Hall–Kier alpha value is -1.61. The van der Waals surface area contributed by atoms with Gasteiger partial charge in [-0.2, -0.15) is 5.10 Å². The van der Waals surface area contributed by atoms with E-state index in [1.54, 1.807) is 0 Å². The van der Waals surface area contributed by atoms with Crippen LogP contribution in [0.4, 0.5) is 0 Å². The van der Waals surface area contributed by atoms with E-state index < -0.39 is 0 Å². The van der Waals surface area contributed by atoms with Gasteiger partial charge in [0.15, 0.2) is 0 Å². The van der Waals surface area contributed by atoms with Gasteiger partial charge in [0.2, 0.25) is 0 Å². The second-order valence-electron chi connectivity index (χ2n) is 4.82. The van der Waals surface area contributed by atoms with E-state index in [1.807, 2.05) is 17.9 Å². The Labute approximate surface area is 115 Å². The number of aromatic nitrogens is 2. The van der Waals surface area contributed by atoms with Crippen molar-refractivity contribution >= 4 is 0 Å². The highest BCUT2D eigenvalue weighted by molar-refractivity contribution is 5.25. The van der Waals surface area contributed by atoms with E-state index in [9.17, 15) is 0 Å². The van der Waals surface area contributed by atoms with Crippen LogP contribution in [0.1, 0.15) is 43.4 Å². The molecule has 19 heavy (non-hydrogen) atoms. The smallest absolute Gasteiger partial charge is 0.0537 e. The number of likely N-dealkylation sites (N-methyl/N-ethyl adjacent to an activating group) is 1. The number of aryl methyl sites for hydroxylation is 1. The SMILES string of the molecule is CCC(c1ccccc1)C(NC)c1cnn(CC)c1. The Balaban J connectivity index is 2.28. The molecule has 0 spiro atoms. The molecule has 1 N–H and O–H groups in total. The summed E-state index contributed by atoms with van der Waals surface area (Å²) in [5.74, 6) is 0.473. The molecule has 2 aromatic rings. The van der Waals surface area contributed by atoms with Gasteiger partial charge in [-0.1, -0.05) is 37.3 Å². The summed E-state index contributed by atoms with van der Waals surface area (Å²) in [4.78, 5) is 0. The fraction of sp³-hybridized carbons (Fsp3) is 0.438. The van der Waals surface area contributed by atoms with Crippen molar-refractivity contribution in [1.82, 2.24) is 15.1 Å². The zero-order valence-corrected chi connectivity index (χ0v) is 12.0. The molecule has 0 saturated heterocycles. The second-order valence-corrected chi connectivity index (χ2v) is 4.82. The number of rotatable bonds is 6. The van der Waals surface area contributed by atoms with E-state index in [0.29, 0.717) is 12.0 Å². The van der Waals surface area contributed by atoms with Crippen LogP contribution in [0.3, 0.4) is 0 Å². The normalized spacial score (nSPS) is 14.3. The lowest BCUT2D eigenvalue weighted by molar-refractivity contribution is 0.467. The van der Waals surface area contributed by atoms with Gasteiger partial charge >= 0.3 is 0 Å². The van der Waals surface area contributed by atoms with E-state index in [2.05, 4.69) is 60.8 Å². The van der Waals surface area contributed by atoms with Gasteiger partial charge in [-0.25, -0.2) is 0 Å². The van der Waals surface area contributed by atoms with Gasteiger partial charge in [-0.3, -0.25) is 4.68 Å². The van der Waals surface area contributed by atoms with Gasteiger partial charge < -0.3 is 5.32 Å². The third-order valence-electron chi connectivity index (χ3n) is 3.72. The fourth-order valence-corrected chi connectivity index (χ4v) is 2.68. The number of hydrogen-bond acceptors (Lipinski definition) is 2. The molecule has 0 amide bonds. The van der Waals surface area contributed by atoms with Crippen molar-refractivity contribution in [2.75, 3.05) is 7.05 Å². The standard InChI is InChI=1S/C16H23N3/c1-4-15(13-9-7-6-8-10-13)16(17-3)14-11-18-19(5-2)12-14/h6-12,15-17H,4-5H2,1-3H3. The van der Waals surface area contributed by atoms with E-state index in [-0.39, 0.29) is 0 Å². The van der Waals surface area contributed by atoms with Crippen molar-refractivity contribution in [3.05, 3.63) is 53.9 Å². The topological polar surface area (TPSA) is 29.9 Å². The van der Waals surface area contributed by atoms with Crippen LogP contribution >= 0.6 is 0 Å². The van der Waals surface area contributed by atoms with Crippen molar-refractivity contribution in [2.24, 2.45) is 0 Å². The Morgan fingerprint density at radius 2 is 1.89 bits per heavy atom. The molecule has 0 aliphatic carbocycles. The molecular formula is C16H23N3. The van der Waals surface area contributed by atoms with Crippen LogP contribution in [0, 0.1) is 0 Å². The van der Waals surface area contributed by atoms with E-state index >= 15 is 0 Å². The van der Waals surface area contributed by atoms with Crippen LogP contribution < -0.4 is 5.32 Å². The molecule has 1 heterocycles. The maximum atomic E-state index is 4.39. The molecule has 2 unspecified atom stereocenters. The first-order valence-corrected chi connectivity index (χ1v) is 7.04. The molecule has 1 aromatic heterocycles. The zero-order chi connectivity index (χ0) is 13.7. The first-order chi connectivity index (χ1) is 9.30. The number of hydrogen-bond donors (Lipinski definition) is 1. The first kappa shape index (κ1) is 13.8. The predicted octanol–water partition coefficient (Wildman–Crippen LogP) is 3.36. The van der Waals surface area contributed by atoms with Crippen molar-refractivity contribution in [3.8, 4) is 0 Å². The Morgan fingerprint density at radius 3 is 2.42 bits per heavy atom.